The monoisotopic (exact) mass is 431 g/mol. The number of aryl methyl sites for hydroxylation is 1. The van der Waals surface area contributed by atoms with Crippen LogP contribution in [-0.4, -0.2) is 35.1 Å². The fourth-order valence-electron chi connectivity index (χ4n) is 3.60. The van der Waals surface area contributed by atoms with Crippen LogP contribution in [0.3, 0.4) is 0 Å². The standard InChI is InChI=1S/C21H18N8O3/c1-12-16(23-11-32-12)9-28-21(31)29-19(27-28)17(14-7-15(10-30)26-24-8-14)18(25-20(29)22)13-5-3-2-4-6-13/h2-8,11,30H,9-10H2,1H3,(H2,22,25,26,27)/p+1. The molecule has 0 radical (unpaired) electrons. The smallest absolute Gasteiger partial charge is 0.428 e. The number of aliphatic hydroxyl groups excluding tert-OH is 1. The Bertz CT molecular complexity index is 1490. The van der Waals surface area contributed by atoms with E-state index in [1.165, 1.54) is 15.5 Å². The van der Waals surface area contributed by atoms with Gasteiger partial charge in [0.1, 0.15) is 23.7 Å². The van der Waals surface area contributed by atoms with E-state index in [0.29, 0.717) is 39.6 Å². The number of aromatic nitrogens is 7. The molecule has 11 nitrogen and oxygen atoms in total. The minimum atomic E-state index is -0.405. The molecule has 0 saturated heterocycles. The summed E-state index contributed by atoms with van der Waals surface area (Å²) in [5, 5.41) is 20.6. The second-order valence-electron chi connectivity index (χ2n) is 7.17. The van der Waals surface area contributed by atoms with Gasteiger partial charge in [-0.05, 0) is 13.0 Å². The number of oxazole rings is 1. The Balaban J connectivity index is 1.82. The first-order valence-electron chi connectivity index (χ1n) is 9.78. The fraction of sp³-hybridized carbons (Fsp3) is 0.143. The Labute approximate surface area is 180 Å². The van der Waals surface area contributed by atoms with Crippen molar-refractivity contribution < 1.29 is 13.9 Å². The van der Waals surface area contributed by atoms with E-state index in [2.05, 4.69) is 25.3 Å². The average Bonchev–Trinajstić information content (AvgIpc) is 3.37. The molecule has 5 rings (SSSR count). The Morgan fingerprint density at radius 3 is 2.78 bits per heavy atom. The molecule has 1 aromatic carbocycles. The summed E-state index contributed by atoms with van der Waals surface area (Å²) in [6.45, 7) is 1.67. The Morgan fingerprint density at radius 1 is 1.25 bits per heavy atom. The summed E-state index contributed by atoms with van der Waals surface area (Å²) in [4.78, 5) is 21.9. The quantitative estimate of drug-likeness (QED) is 0.346. The van der Waals surface area contributed by atoms with Crippen LogP contribution in [0.5, 0.6) is 0 Å². The lowest BCUT2D eigenvalue weighted by Crippen LogP contribution is -2.44. The van der Waals surface area contributed by atoms with Gasteiger partial charge in [-0.2, -0.15) is 14.9 Å². The first-order valence-corrected chi connectivity index (χ1v) is 9.78. The van der Waals surface area contributed by atoms with Crippen molar-refractivity contribution in [3.8, 4) is 22.4 Å². The van der Waals surface area contributed by atoms with Gasteiger partial charge in [0, 0.05) is 11.1 Å². The summed E-state index contributed by atoms with van der Waals surface area (Å²) in [6, 6.07) is 11.2. The van der Waals surface area contributed by atoms with Crippen molar-refractivity contribution in [3.63, 3.8) is 0 Å². The Kier molecular flexibility index (Phi) is 4.71. The molecule has 4 heterocycles. The molecule has 4 N–H and O–H groups in total. The van der Waals surface area contributed by atoms with E-state index in [9.17, 15) is 9.90 Å². The molecule has 0 saturated carbocycles. The van der Waals surface area contributed by atoms with Gasteiger partial charge < -0.3 is 15.3 Å². The first-order chi connectivity index (χ1) is 15.6. The number of anilines is 1. The van der Waals surface area contributed by atoms with E-state index in [0.717, 1.165) is 5.56 Å². The molecule has 0 spiro atoms. The lowest BCUT2D eigenvalue weighted by Gasteiger charge is -2.08. The molecule has 32 heavy (non-hydrogen) atoms. The van der Waals surface area contributed by atoms with E-state index < -0.39 is 5.69 Å². The minimum absolute atomic E-state index is 0.0314. The number of H-pyrrole nitrogens is 1. The van der Waals surface area contributed by atoms with Crippen molar-refractivity contribution in [1.29, 1.82) is 0 Å². The number of benzene rings is 1. The van der Waals surface area contributed by atoms with Crippen LogP contribution >= 0.6 is 0 Å². The maximum Gasteiger partial charge on any atom is 0.428 e. The number of fused-ring (bicyclic) bond motifs is 1. The number of aromatic amines is 1. The molecular weight excluding hydrogens is 412 g/mol. The highest BCUT2D eigenvalue weighted by molar-refractivity contribution is 5.88. The number of hydrogen-bond donors (Lipinski definition) is 3. The zero-order valence-electron chi connectivity index (χ0n) is 17.1. The van der Waals surface area contributed by atoms with Gasteiger partial charge in [0.2, 0.25) is 5.65 Å². The number of aliphatic hydroxyl groups is 1. The molecule has 0 fully saturated rings. The molecule has 160 valence electrons. The van der Waals surface area contributed by atoms with Crippen molar-refractivity contribution in [2.75, 3.05) is 5.73 Å². The van der Waals surface area contributed by atoms with Crippen molar-refractivity contribution >= 4 is 11.6 Å². The number of nitrogens with two attached hydrogens (primary N) is 1. The third kappa shape index (κ3) is 3.20. The Hall–Kier alpha value is -4.38. The van der Waals surface area contributed by atoms with E-state index in [-0.39, 0.29) is 19.1 Å². The topological polar surface area (TPSA) is 153 Å². The maximum atomic E-state index is 13.2. The number of rotatable bonds is 5. The van der Waals surface area contributed by atoms with Gasteiger partial charge in [0.15, 0.2) is 6.39 Å². The molecule has 0 unspecified atom stereocenters. The lowest BCUT2D eigenvalue weighted by molar-refractivity contribution is -0.516. The SMILES string of the molecule is Cc1ocnc1Cn1[nH]c2c(-c3cnnc(CO)c3)c(-c3ccccc3)nc(N)[n+]2c1=O. The maximum absolute atomic E-state index is 13.2. The predicted octanol–water partition coefficient (Wildman–Crippen LogP) is 0.853. The average molecular weight is 431 g/mol. The third-order valence-electron chi connectivity index (χ3n) is 5.17. The summed E-state index contributed by atoms with van der Waals surface area (Å²) in [6.07, 6.45) is 2.88. The fourth-order valence-corrected chi connectivity index (χ4v) is 3.60. The molecule has 5 aromatic rings. The minimum Gasteiger partial charge on any atom is -0.448 e. The van der Waals surface area contributed by atoms with Gasteiger partial charge in [0.05, 0.1) is 24.1 Å². The molecule has 0 atom stereocenters. The summed E-state index contributed by atoms with van der Waals surface area (Å²) in [5.41, 5.74) is 9.85. The number of nitrogens with one attached hydrogen (secondary N) is 1. The van der Waals surface area contributed by atoms with Gasteiger partial charge in [-0.3, -0.25) is 0 Å². The molecule has 4 aromatic heterocycles. The van der Waals surface area contributed by atoms with Crippen LogP contribution < -0.4 is 15.8 Å². The van der Waals surface area contributed by atoms with Gasteiger partial charge in [0.25, 0.3) is 0 Å². The largest absolute Gasteiger partial charge is 0.448 e. The van der Waals surface area contributed by atoms with E-state index in [4.69, 9.17) is 10.2 Å². The van der Waals surface area contributed by atoms with E-state index in [1.807, 2.05) is 30.3 Å². The summed E-state index contributed by atoms with van der Waals surface area (Å²) in [5.74, 6) is 0.645. The Morgan fingerprint density at radius 2 is 2.06 bits per heavy atom. The molecule has 0 amide bonds. The van der Waals surface area contributed by atoms with Crippen LogP contribution in [0.1, 0.15) is 17.1 Å². The summed E-state index contributed by atoms with van der Waals surface area (Å²) < 4.78 is 7.94. The van der Waals surface area contributed by atoms with Crippen LogP contribution in [0.2, 0.25) is 0 Å². The predicted molar refractivity (Wildman–Crippen MR) is 113 cm³/mol. The molecule has 0 bridgehead atoms. The molecule has 11 heteroatoms. The summed E-state index contributed by atoms with van der Waals surface area (Å²) in [7, 11) is 0. The number of hydrogen-bond acceptors (Lipinski definition) is 8. The summed E-state index contributed by atoms with van der Waals surface area (Å²) >= 11 is 0. The van der Waals surface area contributed by atoms with Gasteiger partial charge in [-0.15, -0.1) is 9.38 Å². The van der Waals surface area contributed by atoms with Crippen LogP contribution in [-0.2, 0) is 13.2 Å². The van der Waals surface area contributed by atoms with Crippen LogP contribution in [0.25, 0.3) is 28.0 Å². The van der Waals surface area contributed by atoms with E-state index >= 15 is 0 Å². The highest BCUT2D eigenvalue weighted by atomic mass is 16.3. The van der Waals surface area contributed by atoms with Crippen LogP contribution in [0.4, 0.5) is 5.95 Å². The van der Waals surface area contributed by atoms with Crippen molar-refractivity contribution in [2.24, 2.45) is 0 Å². The zero-order valence-corrected chi connectivity index (χ0v) is 17.1. The third-order valence-corrected chi connectivity index (χ3v) is 5.17. The van der Waals surface area contributed by atoms with Gasteiger partial charge in [-0.25, -0.2) is 14.9 Å². The number of nitrogens with zero attached hydrogens (tertiary/aromatic N) is 6. The normalized spacial score (nSPS) is 11.3. The first kappa shape index (κ1) is 19.6. The second-order valence-corrected chi connectivity index (χ2v) is 7.17. The van der Waals surface area contributed by atoms with Gasteiger partial charge in [-0.1, -0.05) is 30.3 Å². The van der Waals surface area contributed by atoms with Crippen LogP contribution in [0.15, 0.2) is 58.2 Å². The highest BCUT2D eigenvalue weighted by Gasteiger charge is 2.26. The lowest BCUT2D eigenvalue weighted by atomic mass is 10.0. The molecule has 0 aliphatic rings. The molecular formula is C21H19N8O3+. The second kappa shape index (κ2) is 7.71. The van der Waals surface area contributed by atoms with Gasteiger partial charge >= 0.3 is 11.6 Å². The molecule has 0 aliphatic carbocycles. The van der Waals surface area contributed by atoms with E-state index in [1.54, 1.807) is 19.2 Å². The van der Waals surface area contributed by atoms with Crippen molar-refractivity contribution in [2.45, 2.75) is 20.1 Å². The van der Waals surface area contributed by atoms with Crippen molar-refractivity contribution in [3.05, 3.63) is 76.6 Å². The van der Waals surface area contributed by atoms with Crippen LogP contribution in [0, 0.1) is 6.92 Å². The zero-order chi connectivity index (χ0) is 22.2. The molecule has 0 aliphatic heterocycles. The highest BCUT2D eigenvalue weighted by Crippen LogP contribution is 2.32. The van der Waals surface area contributed by atoms with Crippen molar-refractivity contribution in [1.82, 2.24) is 29.9 Å². The number of nitrogen functional groups attached to an aromatic ring is 1.